The van der Waals surface area contributed by atoms with Crippen LogP contribution in [0.5, 0.6) is 0 Å². The fraction of sp³-hybridized carbons (Fsp3) is 0.625. The molecule has 4 nitrogen and oxygen atoms in total. The number of ether oxygens (including phenoxy) is 2. The number of amides is 1. The van der Waals surface area contributed by atoms with Gasteiger partial charge in [0, 0.05) is 0 Å². The van der Waals surface area contributed by atoms with Crippen LogP contribution in [-0.2, 0) is 9.47 Å². The minimum absolute atomic E-state index is 0.0140. The molecule has 0 aromatic rings. The first kappa shape index (κ1) is 9.06. The van der Waals surface area contributed by atoms with Gasteiger partial charge in [-0.3, -0.25) is 0 Å². The van der Waals surface area contributed by atoms with E-state index >= 15 is 0 Å². The summed E-state index contributed by atoms with van der Waals surface area (Å²) < 4.78 is 9.99. The molecule has 1 aliphatic heterocycles. The zero-order chi connectivity index (χ0) is 8.97. The number of carbonyl (C=O) groups is 1. The molecule has 0 aliphatic carbocycles. The number of rotatable bonds is 4. The van der Waals surface area contributed by atoms with E-state index in [0.29, 0.717) is 13.2 Å². The Hall–Kier alpha value is -1.03. The van der Waals surface area contributed by atoms with Crippen molar-refractivity contribution in [2.24, 2.45) is 0 Å². The molecule has 0 aromatic carbocycles. The van der Waals surface area contributed by atoms with Gasteiger partial charge in [-0.2, -0.15) is 0 Å². The molecular formula is C8H13NO3. The van der Waals surface area contributed by atoms with Crippen molar-refractivity contribution in [1.82, 2.24) is 5.32 Å². The molecule has 1 rings (SSSR count). The highest BCUT2D eigenvalue weighted by Crippen LogP contribution is 2.00. The summed E-state index contributed by atoms with van der Waals surface area (Å²) in [6, 6.07) is -0.0140. The molecule has 2 atom stereocenters. The van der Waals surface area contributed by atoms with Crippen LogP contribution in [0.1, 0.15) is 6.92 Å². The van der Waals surface area contributed by atoms with Crippen LogP contribution in [0.25, 0.3) is 0 Å². The number of carbonyl (C=O) groups excluding carboxylic acids is 1. The van der Waals surface area contributed by atoms with E-state index in [1.165, 1.54) is 0 Å². The lowest BCUT2D eigenvalue weighted by Crippen LogP contribution is -2.32. The van der Waals surface area contributed by atoms with Crippen LogP contribution in [0.3, 0.4) is 0 Å². The average molecular weight is 171 g/mol. The van der Waals surface area contributed by atoms with Crippen molar-refractivity contribution in [1.29, 1.82) is 0 Å². The van der Waals surface area contributed by atoms with Crippen LogP contribution in [0, 0.1) is 0 Å². The monoisotopic (exact) mass is 171 g/mol. The number of hydrogen-bond acceptors (Lipinski definition) is 3. The fourth-order valence-electron chi connectivity index (χ4n) is 0.852. The number of nitrogens with one attached hydrogen (secondary N) is 1. The third kappa shape index (κ3) is 2.54. The van der Waals surface area contributed by atoms with E-state index < -0.39 is 0 Å². The Morgan fingerprint density at radius 2 is 2.75 bits per heavy atom. The summed E-state index contributed by atoms with van der Waals surface area (Å²) in [7, 11) is 0. The van der Waals surface area contributed by atoms with Gasteiger partial charge >= 0.3 is 6.09 Å². The van der Waals surface area contributed by atoms with E-state index in [2.05, 4.69) is 16.6 Å². The molecule has 1 saturated heterocycles. The average Bonchev–Trinajstić information content (AvgIpc) is 2.47. The van der Waals surface area contributed by atoms with Gasteiger partial charge in [-0.25, -0.2) is 4.79 Å². The molecule has 1 amide bonds. The number of cyclic esters (lactones) is 1. The molecule has 1 aliphatic rings. The van der Waals surface area contributed by atoms with Crippen molar-refractivity contribution < 1.29 is 14.3 Å². The van der Waals surface area contributed by atoms with Gasteiger partial charge in [0.15, 0.2) is 0 Å². The molecule has 1 heterocycles. The molecule has 0 saturated carbocycles. The molecule has 0 aromatic heterocycles. The Kier molecular flexibility index (Phi) is 3.10. The third-order valence-electron chi connectivity index (χ3n) is 1.63. The van der Waals surface area contributed by atoms with Crippen LogP contribution in [-0.4, -0.2) is 31.5 Å². The number of alkyl carbamates (subject to hydrolysis) is 1. The molecule has 68 valence electrons. The zero-order valence-electron chi connectivity index (χ0n) is 7.08. The first-order valence-electron chi connectivity index (χ1n) is 3.90. The van der Waals surface area contributed by atoms with Gasteiger partial charge in [-0.1, -0.05) is 6.08 Å². The molecule has 1 N–H and O–H groups in total. The van der Waals surface area contributed by atoms with Crippen molar-refractivity contribution in [2.45, 2.75) is 19.1 Å². The second kappa shape index (κ2) is 4.11. The summed E-state index contributed by atoms with van der Waals surface area (Å²) in [4.78, 5) is 10.6. The summed E-state index contributed by atoms with van der Waals surface area (Å²) in [5.74, 6) is 0. The SMILES string of the molecule is C=CC(C)OCC1COC(=O)N1. The van der Waals surface area contributed by atoms with Gasteiger partial charge in [0.1, 0.15) is 6.61 Å². The maximum Gasteiger partial charge on any atom is 0.407 e. The van der Waals surface area contributed by atoms with E-state index in [1.54, 1.807) is 6.08 Å². The molecular weight excluding hydrogens is 158 g/mol. The first-order chi connectivity index (χ1) is 5.72. The first-order valence-corrected chi connectivity index (χ1v) is 3.90. The third-order valence-corrected chi connectivity index (χ3v) is 1.63. The maximum absolute atomic E-state index is 10.6. The molecule has 2 unspecified atom stereocenters. The fourth-order valence-corrected chi connectivity index (χ4v) is 0.852. The van der Waals surface area contributed by atoms with Crippen LogP contribution in [0.15, 0.2) is 12.7 Å². The highest BCUT2D eigenvalue weighted by atomic mass is 16.6. The van der Waals surface area contributed by atoms with E-state index in [-0.39, 0.29) is 18.2 Å². The van der Waals surface area contributed by atoms with Gasteiger partial charge in [0.2, 0.25) is 0 Å². The second-order valence-corrected chi connectivity index (χ2v) is 2.71. The summed E-state index contributed by atoms with van der Waals surface area (Å²) in [5, 5.41) is 2.61. The summed E-state index contributed by atoms with van der Waals surface area (Å²) >= 11 is 0. The summed E-state index contributed by atoms with van der Waals surface area (Å²) in [6.45, 7) is 6.33. The van der Waals surface area contributed by atoms with Crippen molar-refractivity contribution in [3.63, 3.8) is 0 Å². The largest absolute Gasteiger partial charge is 0.447 e. The van der Waals surface area contributed by atoms with Gasteiger partial charge < -0.3 is 14.8 Å². The Morgan fingerprint density at radius 1 is 2.00 bits per heavy atom. The maximum atomic E-state index is 10.6. The normalized spacial score (nSPS) is 24.4. The lowest BCUT2D eigenvalue weighted by molar-refractivity contribution is 0.0789. The van der Waals surface area contributed by atoms with Gasteiger partial charge in [0.05, 0.1) is 18.8 Å². The Labute approximate surface area is 71.5 Å². The van der Waals surface area contributed by atoms with Gasteiger partial charge in [0.25, 0.3) is 0 Å². The predicted octanol–water partition coefficient (Wildman–Crippen LogP) is 0.686. The van der Waals surface area contributed by atoms with E-state index in [4.69, 9.17) is 4.74 Å². The zero-order valence-corrected chi connectivity index (χ0v) is 7.08. The molecule has 0 bridgehead atoms. The standard InChI is InChI=1S/C8H13NO3/c1-3-6(2)11-4-7-5-12-8(10)9-7/h3,6-7H,1,4-5H2,2H3,(H,9,10). The number of hydrogen-bond donors (Lipinski definition) is 1. The molecule has 0 spiro atoms. The van der Waals surface area contributed by atoms with Crippen LogP contribution >= 0.6 is 0 Å². The molecule has 4 heteroatoms. The lowest BCUT2D eigenvalue weighted by Gasteiger charge is -2.11. The van der Waals surface area contributed by atoms with Crippen LogP contribution in [0.2, 0.25) is 0 Å². The predicted molar refractivity (Wildman–Crippen MR) is 43.9 cm³/mol. The van der Waals surface area contributed by atoms with Crippen molar-refractivity contribution in [2.75, 3.05) is 13.2 Å². The molecule has 0 radical (unpaired) electrons. The van der Waals surface area contributed by atoms with Crippen molar-refractivity contribution in [3.05, 3.63) is 12.7 Å². The van der Waals surface area contributed by atoms with Crippen LogP contribution in [0.4, 0.5) is 4.79 Å². The highest BCUT2D eigenvalue weighted by Gasteiger charge is 2.22. The Balaban J connectivity index is 2.15. The minimum atomic E-state index is -0.366. The van der Waals surface area contributed by atoms with Gasteiger partial charge in [-0.05, 0) is 6.92 Å². The molecule has 12 heavy (non-hydrogen) atoms. The van der Waals surface area contributed by atoms with Gasteiger partial charge in [-0.15, -0.1) is 6.58 Å². The minimum Gasteiger partial charge on any atom is -0.447 e. The summed E-state index contributed by atoms with van der Waals surface area (Å²) in [6.07, 6.45) is 1.36. The molecule has 1 fully saturated rings. The van der Waals surface area contributed by atoms with Crippen molar-refractivity contribution in [3.8, 4) is 0 Å². The van der Waals surface area contributed by atoms with E-state index in [1.807, 2.05) is 6.92 Å². The second-order valence-electron chi connectivity index (χ2n) is 2.71. The topological polar surface area (TPSA) is 47.6 Å². The Bertz CT molecular complexity index is 181. The van der Waals surface area contributed by atoms with E-state index in [0.717, 1.165) is 0 Å². The smallest absolute Gasteiger partial charge is 0.407 e. The highest BCUT2D eigenvalue weighted by molar-refractivity contribution is 5.69. The quantitative estimate of drug-likeness (QED) is 0.633. The summed E-state index contributed by atoms with van der Waals surface area (Å²) in [5.41, 5.74) is 0. The van der Waals surface area contributed by atoms with Crippen LogP contribution < -0.4 is 5.32 Å². The Morgan fingerprint density at radius 3 is 3.25 bits per heavy atom. The van der Waals surface area contributed by atoms with E-state index in [9.17, 15) is 4.79 Å². The lowest BCUT2D eigenvalue weighted by atomic mass is 10.3. The van der Waals surface area contributed by atoms with Crippen molar-refractivity contribution >= 4 is 6.09 Å².